The van der Waals surface area contributed by atoms with Crippen molar-refractivity contribution in [3.63, 3.8) is 0 Å². The first kappa shape index (κ1) is 35.9. The molecule has 264 valence electrons. The lowest BCUT2D eigenvalue weighted by Crippen LogP contribution is -1.94. The Balaban J connectivity index is 0.000000446. The van der Waals surface area contributed by atoms with Gasteiger partial charge in [-0.2, -0.15) is 0 Å². The lowest BCUT2D eigenvalue weighted by molar-refractivity contribution is 1.18. The molecule has 1 heteroatoms. The van der Waals surface area contributed by atoms with Gasteiger partial charge in [-0.1, -0.05) is 177 Å². The van der Waals surface area contributed by atoms with Crippen LogP contribution in [0.15, 0.2) is 194 Å². The van der Waals surface area contributed by atoms with Gasteiger partial charge < -0.3 is 4.57 Å². The van der Waals surface area contributed by atoms with Gasteiger partial charge in [-0.3, -0.25) is 0 Å². The van der Waals surface area contributed by atoms with Crippen molar-refractivity contribution in [2.24, 2.45) is 0 Å². The average Bonchev–Trinajstić information content (AvgIpc) is 3.57. The van der Waals surface area contributed by atoms with Gasteiger partial charge in [0.25, 0.3) is 0 Å². The molecule has 0 radical (unpaired) electrons. The van der Waals surface area contributed by atoms with E-state index in [1.165, 1.54) is 88.7 Å². The van der Waals surface area contributed by atoms with Gasteiger partial charge in [0.05, 0.1) is 11.0 Å². The van der Waals surface area contributed by atoms with E-state index in [4.69, 9.17) is 0 Å². The summed E-state index contributed by atoms with van der Waals surface area (Å²) < 4.78 is 2.40. The van der Waals surface area contributed by atoms with Crippen molar-refractivity contribution in [3.8, 4) is 50.2 Å². The van der Waals surface area contributed by atoms with Gasteiger partial charge in [0.1, 0.15) is 0 Å². The molecule has 1 aromatic heterocycles. The van der Waals surface area contributed by atoms with E-state index in [2.05, 4.69) is 201 Å². The molecule has 1 heterocycles. The highest BCUT2D eigenvalue weighted by atomic mass is 15.0. The van der Waals surface area contributed by atoms with Crippen LogP contribution in [0, 0.1) is 20.8 Å². The first-order chi connectivity index (χ1) is 26.5. The molecule has 0 aliphatic rings. The van der Waals surface area contributed by atoms with E-state index >= 15 is 0 Å². The third-order valence-corrected chi connectivity index (χ3v) is 10.0. The Hall–Kier alpha value is -6.44. The Morgan fingerprint density at radius 1 is 0.315 bits per heavy atom. The van der Waals surface area contributed by atoms with Crippen molar-refractivity contribution in [1.29, 1.82) is 0 Å². The van der Waals surface area contributed by atoms with Crippen molar-refractivity contribution >= 4 is 21.8 Å². The minimum absolute atomic E-state index is 1.17. The molecule has 0 unspecified atom stereocenters. The third kappa shape index (κ3) is 7.54. The van der Waals surface area contributed by atoms with Gasteiger partial charge in [0, 0.05) is 16.5 Å². The van der Waals surface area contributed by atoms with Crippen LogP contribution in [0.4, 0.5) is 0 Å². The zero-order chi connectivity index (χ0) is 37.4. The monoisotopic (exact) mass is 697 g/mol. The second-order valence-electron chi connectivity index (χ2n) is 13.6. The molecule has 0 aliphatic carbocycles. The van der Waals surface area contributed by atoms with Gasteiger partial charge >= 0.3 is 0 Å². The van der Waals surface area contributed by atoms with Crippen LogP contribution in [0.2, 0.25) is 0 Å². The summed E-state index contributed by atoms with van der Waals surface area (Å²) in [5, 5.41) is 2.53. The maximum Gasteiger partial charge on any atom is 0.0541 e. The van der Waals surface area contributed by atoms with Crippen LogP contribution in [0.25, 0.3) is 72.0 Å². The fourth-order valence-electron chi connectivity index (χ4n) is 7.24. The van der Waals surface area contributed by atoms with E-state index in [1.54, 1.807) is 0 Å². The first-order valence-corrected chi connectivity index (χ1v) is 19.0. The largest absolute Gasteiger partial charge is 0.309 e. The summed E-state index contributed by atoms with van der Waals surface area (Å²) >= 11 is 0. The lowest BCUT2D eigenvalue weighted by Gasteiger charge is -2.12. The molecule has 8 aromatic carbocycles. The van der Waals surface area contributed by atoms with Crippen LogP contribution in [-0.4, -0.2) is 4.57 Å². The lowest BCUT2D eigenvalue weighted by atomic mass is 9.92. The predicted molar refractivity (Wildman–Crippen MR) is 235 cm³/mol. The highest BCUT2D eigenvalue weighted by Gasteiger charge is 2.14. The van der Waals surface area contributed by atoms with Crippen LogP contribution in [0.1, 0.15) is 30.5 Å². The van der Waals surface area contributed by atoms with E-state index in [-0.39, 0.29) is 0 Å². The number of rotatable bonds is 5. The van der Waals surface area contributed by atoms with Crippen molar-refractivity contribution in [2.75, 3.05) is 0 Å². The molecule has 0 aliphatic heterocycles. The SMILES string of the molecule is CC.Cc1ccccc1.Cc1ccccc1-c1cc(-c2ccc(-c3ccc4c(c3)c3ccccc3n4-c3cccc(-c4ccccc4)c3)cc2)ccc1C. The quantitative estimate of drug-likeness (QED) is 0.169. The molecular weight excluding hydrogens is 651 g/mol. The van der Waals surface area contributed by atoms with E-state index in [1.807, 2.05) is 32.0 Å². The summed E-state index contributed by atoms with van der Waals surface area (Å²) in [7, 11) is 0. The highest BCUT2D eigenvalue weighted by Crippen LogP contribution is 2.37. The number of hydrogen-bond donors (Lipinski definition) is 0. The van der Waals surface area contributed by atoms with Gasteiger partial charge in [0.15, 0.2) is 0 Å². The molecule has 0 bridgehead atoms. The van der Waals surface area contributed by atoms with Crippen molar-refractivity contribution < 1.29 is 0 Å². The molecule has 0 fully saturated rings. The number of fused-ring (bicyclic) bond motifs is 3. The van der Waals surface area contributed by atoms with Crippen LogP contribution < -0.4 is 0 Å². The Bertz CT molecular complexity index is 2630. The number of aryl methyl sites for hydroxylation is 3. The van der Waals surface area contributed by atoms with Crippen LogP contribution in [0.3, 0.4) is 0 Å². The second-order valence-corrected chi connectivity index (χ2v) is 13.6. The Morgan fingerprint density at radius 2 is 0.815 bits per heavy atom. The number of benzene rings is 8. The smallest absolute Gasteiger partial charge is 0.0541 e. The summed E-state index contributed by atoms with van der Waals surface area (Å²) in [5.74, 6) is 0. The Kier molecular flexibility index (Phi) is 11.0. The normalized spacial score (nSPS) is 10.7. The van der Waals surface area contributed by atoms with Gasteiger partial charge in [0.2, 0.25) is 0 Å². The summed E-state index contributed by atoms with van der Waals surface area (Å²) in [6, 6.07) is 69.8. The molecule has 1 nitrogen and oxygen atoms in total. The van der Waals surface area contributed by atoms with E-state index in [9.17, 15) is 0 Å². The first-order valence-electron chi connectivity index (χ1n) is 19.0. The number of nitrogens with zero attached hydrogens (tertiary/aromatic N) is 1. The zero-order valence-electron chi connectivity index (χ0n) is 31.9. The Labute approximate surface area is 320 Å². The van der Waals surface area contributed by atoms with E-state index in [0.29, 0.717) is 0 Å². The maximum atomic E-state index is 2.40. The fourth-order valence-corrected chi connectivity index (χ4v) is 7.24. The predicted octanol–water partition coefficient (Wildman–Crippen LogP) is 15.1. The van der Waals surface area contributed by atoms with Crippen LogP contribution >= 0.6 is 0 Å². The summed E-state index contributed by atoms with van der Waals surface area (Å²) in [4.78, 5) is 0. The topological polar surface area (TPSA) is 4.93 Å². The molecule has 0 spiro atoms. The maximum absolute atomic E-state index is 2.40. The van der Waals surface area contributed by atoms with Crippen molar-refractivity contribution in [3.05, 3.63) is 211 Å². The molecule has 0 atom stereocenters. The molecule has 9 aromatic rings. The molecule has 9 rings (SSSR count). The van der Waals surface area contributed by atoms with Gasteiger partial charge in [-0.25, -0.2) is 0 Å². The fraction of sp³-hybridized carbons (Fsp3) is 0.0943. The number of hydrogen-bond acceptors (Lipinski definition) is 0. The number of para-hydroxylation sites is 1. The van der Waals surface area contributed by atoms with Crippen LogP contribution in [-0.2, 0) is 0 Å². The molecule has 0 amide bonds. The van der Waals surface area contributed by atoms with Gasteiger partial charge in [-0.15, -0.1) is 0 Å². The molecule has 0 saturated carbocycles. The summed E-state index contributed by atoms with van der Waals surface area (Å²) in [6.45, 7) is 10.5. The highest BCUT2D eigenvalue weighted by molar-refractivity contribution is 6.10. The van der Waals surface area contributed by atoms with E-state index < -0.39 is 0 Å². The number of aromatic nitrogens is 1. The van der Waals surface area contributed by atoms with Crippen molar-refractivity contribution in [2.45, 2.75) is 34.6 Å². The van der Waals surface area contributed by atoms with E-state index in [0.717, 1.165) is 0 Å². The minimum atomic E-state index is 1.17. The summed E-state index contributed by atoms with van der Waals surface area (Å²) in [5.41, 5.74) is 17.5. The second kappa shape index (κ2) is 16.5. The molecule has 0 N–H and O–H groups in total. The minimum Gasteiger partial charge on any atom is -0.309 e. The van der Waals surface area contributed by atoms with Crippen LogP contribution in [0.5, 0.6) is 0 Å². The van der Waals surface area contributed by atoms with Crippen molar-refractivity contribution in [1.82, 2.24) is 4.57 Å². The standard InChI is InChI=1S/C44H33N.C7H8.C2H6/c1-30-11-6-7-16-39(30)41-28-36(20-19-31(41)2)33-21-23-34(24-22-33)37-25-26-44-42(29-37)40-17-8-9-18-43(40)45(44)38-15-10-14-35(27-38)32-12-4-3-5-13-32;1-7-5-3-2-4-6-7;1-2/h3-29H,1-2H3;2-6H,1H3;1-2H3. The molecular formula is C53H47N. The molecule has 0 saturated heterocycles. The molecule has 54 heavy (non-hydrogen) atoms. The zero-order valence-corrected chi connectivity index (χ0v) is 31.9. The van der Waals surface area contributed by atoms with Gasteiger partial charge in [-0.05, 0) is 113 Å². The average molecular weight is 698 g/mol. The summed E-state index contributed by atoms with van der Waals surface area (Å²) in [6.07, 6.45) is 0. The third-order valence-electron chi connectivity index (χ3n) is 10.0. The Morgan fingerprint density at radius 3 is 1.50 bits per heavy atom.